The second kappa shape index (κ2) is 5.15. The predicted molar refractivity (Wildman–Crippen MR) is 53.7 cm³/mol. The number of H-pyrrole nitrogens is 1. The molecule has 4 nitrogen and oxygen atoms in total. The Hall–Kier alpha value is -1.60. The number of nitrogens with zero attached hydrogens (tertiary/aromatic N) is 1. The number of aromatic amines is 1. The van der Waals surface area contributed by atoms with Crippen molar-refractivity contribution in [2.24, 2.45) is 0 Å². The van der Waals surface area contributed by atoms with Crippen molar-refractivity contribution in [3.05, 3.63) is 22.2 Å². The quantitative estimate of drug-likeness (QED) is 0.784. The van der Waals surface area contributed by atoms with Crippen LogP contribution in [0.2, 0.25) is 0 Å². The molecule has 96 valence electrons. The topological polar surface area (TPSA) is 57.8 Å². The molecule has 2 N–H and O–H groups in total. The van der Waals surface area contributed by atoms with Crippen LogP contribution in [0.3, 0.4) is 0 Å². The van der Waals surface area contributed by atoms with Crippen molar-refractivity contribution in [3.8, 4) is 0 Å². The molecule has 0 amide bonds. The highest BCUT2D eigenvalue weighted by molar-refractivity contribution is 5.33. The van der Waals surface area contributed by atoms with E-state index in [1.807, 2.05) is 5.32 Å². The zero-order valence-electron chi connectivity index (χ0n) is 8.94. The number of aromatic nitrogens is 2. The molecule has 0 fully saturated rings. The summed E-state index contributed by atoms with van der Waals surface area (Å²) in [7, 11) is 0. The zero-order valence-corrected chi connectivity index (χ0v) is 8.94. The average Bonchev–Trinajstić information content (AvgIpc) is 2.25. The van der Waals surface area contributed by atoms with Crippen LogP contribution in [-0.4, -0.2) is 28.9 Å². The minimum Gasteiger partial charge on any atom is -0.364 e. The molecule has 1 heterocycles. The van der Waals surface area contributed by atoms with Crippen molar-refractivity contribution in [3.63, 3.8) is 0 Å². The monoisotopic (exact) mass is 253 g/mol. The molecule has 17 heavy (non-hydrogen) atoms. The van der Waals surface area contributed by atoms with Gasteiger partial charge in [0.1, 0.15) is 11.6 Å². The van der Waals surface area contributed by atoms with Crippen LogP contribution in [0.25, 0.3) is 0 Å². The minimum atomic E-state index is -4.16. The maximum Gasteiger partial charge on any atom is 0.324 e. The average molecular weight is 253 g/mol. The first kappa shape index (κ1) is 13.5. The lowest BCUT2D eigenvalue weighted by molar-refractivity contribution is -0.117. The summed E-state index contributed by atoms with van der Waals surface area (Å²) in [5, 5.41) is 2.02. The molecule has 0 saturated heterocycles. The van der Waals surface area contributed by atoms with Crippen LogP contribution in [0.4, 0.5) is 23.4 Å². The summed E-state index contributed by atoms with van der Waals surface area (Å²) in [5.74, 6) is -4.01. The van der Waals surface area contributed by atoms with E-state index in [9.17, 15) is 22.4 Å². The van der Waals surface area contributed by atoms with E-state index in [0.717, 1.165) is 6.07 Å². The van der Waals surface area contributed by atoms with Gasteiger partial charge >= 0.3 is 12.3 Å². The molecular formula is C9H11F4N3O. The molecule has 0 aliphatic carbocycles. The number of halogens is 4. The fourth-order valence-electron chi connectivity index (χ4n) is 1.05. The van der Waals surface area contributed by atoms with Crippen molar-refractivity contribution in [2.75, 3.05) is 11.9 Å². The van der Waals surface area contributed by atoms with E-state index in [-0.39, 0.29) is 5.82 Å². The highest BCUT2D eigenvalue weighted by Gasteiger charge is 2.40. The number of nitrogens with one attached hydrogen (secondary N) is 2. The van der Waals surface area contributed by atoms with Gasteiger partial charge in [0.25, 0.3) is 5.56 Å². The van der Waals surface area contributed by atoms with Crippen LogP contribution in [-0.2, 0) is 6.42 Å². The van der Waals surface area contributed by atoms with E-state index in [1.54, 1.807) is 6.92 Å². The SMILES string of the molecule is CCc1nc(NCC(F)(F)C(F)F)cc(=O)[nH]1. The van der Waals surface area contributed by atoms with Gasteiger partial charge in [0.2, 0.25) is 0 Å². The minimum absolute atomic E-state index is 0.147. The molecule has 1 aromatic heterocycles. The normalized spacial score (nSPS) is 11.9. The lowest BCUT2D eigenvalue weighted by atomic mass is 10.3. The lowest BCUT2D eigenvalue weighted by Gasteiger charge is -2.16. The molecule has 0 bridgehead atoms. The van der Waals surface area contributed by atoms with Crippen LogP contribution in [0.15, 0.2) is 10.9 Å². The summed E-state index contributed by atoms with van der Waals surface area (Å²) in [5.41, 5.74) is -0.528. The fraction of sp³-hybridized carbons (Fsp3) is 0.556. The van der Waals surface area contributed by atoms with Crippen LogP contribution in [0.1, 0.15) is 12.7 Å². The zero-order chi connectivity index (χ0) is 13.1. The number of rotatable bonds is 5. The van der Waals surface area contributed by atoms with E-state index >= 15 is 0 Å². The van der Waals surface area contributed by atoms with E-state index in [1.165, 1.54) is 0 Å². The van der Waals surface area contributed by atoms with Gasteiger partial charge in [-0.15, -0.1) is 0 Å². The van der Waals surface area contributed by atoms with Crippen LogP contribution in [0, 0.1) is 0 Å². The summed E-state index contributed by atoms with van der Waals surface area (Å²) >= 11 is 0. The van der Waals surface area contributed by atoms with Gasteiger partial charge in [-0.3, -0.25) is 4.79 Å². The molecule has 0 aliphatic heterocycles. The third-order valence-corrected chi connectivity index (χ3v) is 1.95. The van der Waals surface area contributed by atoms with Gasteiger partial charge in [0.05, 0.1) is 6.54 Å². The molecule has 8 heteroatoms. The van der Waals surface area contributed by atoms with E-state index in [2.05, 4.69) is 9.97 Å². The molecule has 0 aromatic carbocycles. The van der Waals surface area contributed by atoms with E-state index in [0.29, 0.717) is 12.2 Å². The first-order valence-electron chi connectivity index (χ1n) is 4.85. The van der Waals surface area contributed by atoms with Crippen LogP contribution in [0.5, 0.6) is 0 Å². The summed E-state index contributed by atoms with van der Waals surface area (Å²) in [4.78, 5) is 17.2. The first-order valence-corrected chi connectivity index (χ1v) is 4.85. The molecule has 0 spiro atoms. The van der Waals surface area contributed by atoms with E-state index in [4.69, 9.17) is 0 Å². The Morgan fingerprint density at radius 3 is 2.71 bits per heavy atom. The molecule has 0 aliphatic rings. The number of hydrogen-bond donors (Lipinski definition) is 2. The maximum absolute atomic E-state index is 12.6. The van der Waals surface area contributed by atoms with Crippen LogP contribution < -0.4 is 10.9 Å². The second-order valence-electron chi connectivity index (χ2n) is 3.35. The number of hydrogen-bond acceptors (Lipinski definition) is 3. The fourth-order valence-corrected chi connectivity index (χ4v) is 1.05. The standard InChI is InChI=1S/C9H11F4N3O/c1-2-5-15-6(3-7(17)16-5)14-4-9(12,13)8(10)11/h3,8H,2,4H2,1H3,(H2,14,15,16,17). The Bertz CT molecular complexity index is 432. The summed E-state index contributed by atoms with van der Waals surface area (Å²) in [6.07, 6.45) is -3.36. The molecular weight excluding hydrogens is 242 g/mol. The third kappa shape index (κ3) is 3.72. The van der Waals surface area contributed by atoms with Gasteiger partial charge in [-0.25, -0.2) is 13.8 Å². The number of alkyl halides is 4. The molecule has 0 atom stereocenters. The highest BCUT2D eigenvalue weighted by atomic mass is 19.3. The number of anilines is 1. The van der Waals surface area contributed by atoms with Crippen molar-refractivity contribution in [1.82, 2.24) is 9.97 Å². The summed E-state index contributed by atoms with van der Waals surface area (Å²) in [6.45, 7) is 0.431. The molecule has 1 aromatic rings. The smallest absolute Gasteiger partial charge is 0.324 e. The van der Waals surface area contributed by atoms with Crippen molar-refractivity contribution in [2.45, 2.75) is 25.7 Å². The summed E-state index contributed by atoms with van der Waals surface area (Å²) in [6, 6.07) is 0.931. The predicted octanol–water partition coefficient (Wildman–Crippen LogP) is 1.64. The van der Waals surface area contributed by atoms with Crippen molar-refractivity contribution >= 4 is 5.82 Å². The Morgan fingerprint density at radius 1 is 1.53 bits per heavy atom. The van der Waals surface area contributed by atoms with Crippen molar-refractivity contribution < 1.29 is 17.6 Å². The second-order valence-corrected chi connectivity index (χ2v) is 3.35. The Labute approximate surface area is 94.1 Å². The van der Waals surface area contributed by atoms with Gasteiger partial charge < -0.3 is 10.3 Å². The van der Waals surface area contributed by atoms with Gasteiger partial charge in [-0.1, -0.05) is 6.92 Å². The van der Waals surface area contributed by atoms with Gasteiger partial charge in [0, 0.05) is 12.5 Å². The highest BCUT2D eigenvalue weighted by Crippen LogP contribution is 2.22. The van der Waals surface area contributed by atoms with Gasteiger partial charge in [-0.05, 0) is 0 Å². The molecule has 0 unspecified atom stereocenters. The third-order valence-electron chi connectivity index (χ3n) is 1.95. The van der Waals surface area contributed by atoms with Crippen LogP contribution >= 0.6 is 0 Å². The van der Waals surface area contributed by atoms with Gasteiger partial charge in [0.15, 0.2) is 0 Å². The lowest BCUT2D eigenvalue weighted by Crippen LogP contribution is -2.35. The van der Waals surface area contributed by atoms with Crippen molar-refractivity contribution in [1.29, 1.82) is 0 Å². The molecule has 0 radical (unpaired) electrons. The van der Waals surface area contributed by atoms with E-state index < -0.39 is 24.5 Å². The Kier molecular flexibility index (Phi) is 4.08. The summed E-state index contributed by atoms with van der Waals surface area (Å²) < 4.78 is 48.9. The maximum atomic E-state index is 12.6. The molecule has 0 saturated carbocycles. The van der Waals surface area contributed by atoms with Gasteiger partial charge in [-0.2, -0.15) is 8.78 Å². The number of aryl methyl sites for hydroxylation is 1. The molecule has 1 rings (SSSR count). The first-order chi connectivity index (χ1) is 7.85. The largest absolute Gasteiger partial charge is 0.364 e. The Balaban J connectivity index is 2.76. The Morgan fingerprint density at radius 2 is 2.18 bits per heavy atom.